The number of hydrogen-bond acceptors (Lipinski definition) is 10. The number of nitrogens with two attached hydrogens (primary N) is 1. The number of imidazole rings is 1. The van der Waals surface area contributed by atoms with E-state index in [1.54, 1.807) is 23.9 Å². The molecule has 0 saturated carbocycles. The van der Waals surface area contributed by atoms with Crippen molar-refractivity contribution in [2.45, 2.75) is 62.8 Å². The Bertz CT molecular complexity index is 1560. The highest BCUT2D eigenvalue weighted by molar-refractivity contribution is 7.16. The lowest BCUT2D eigenvalue weighted by Crippen LogP contribution is -2.36. The minimum Gasteiger partial charge on any atom is -0.476 e. The SMILES string of the molecule is CN1CCC[C@H]1COc1cc(-n2ccnc2)nc(-c2onc3c2CCC[C@@]32CCCc3sc(N)c(C#N)c32)n1. The van der Waals surface area contributed by atoms with Crippen molar-refractivity contribution in [2.75, 3.05) is 25.9 Å². The van der Waals surface area contributed by atoms with Gasteiger partial charge in [0.15, 0.2) is 0 Å². The minimum absolute atomic E-state index is 0.365. The summed E-state index contributed by atoms with van der Waals surface area (Å²) >= 11 is 1.55. The summed E-state index contributed by atoms with van der Waals surface area (Å²) in [4.78, 5) is 17.4. The van der Waals surface area contributed by atoms with Gasteiger partial charge in [0.05, 0.1) is 11.3 Å². The van der Waals surface area contributed by atoms with E-state index in [0.29, 0.717) is 46.5 Å². The Kier molecular flexibility index (Phi) is 5.90. The zero-order chi connectivity index (χ0) is 26.6. The average molecular weight is 543 g/mol. The van der Waals surface area contributed by atoms with Crippen LogP contribution in [0.25, 0.3) is 17.4 Å². The van der Waals surface area contributed by atoms with Crippen molar-refractivity contribution in [1.29, 1.82) is 5.26 Å². The van der Waals surface area contributed by atoms with E-state index in [1.165, 1.54) is 11.3 Å². The second-order valence-corrected chi connectivity index (χ2v) is 12.0. The molecule has 200 valence electrons. The molecule has 4 aromatic heterocycles. The maximum Gasteiger partial charge on any atom is 0.219 e. The van der Waals surface area contributed by atoms with Crippen molar-refractivity contribution in [1.82, 2.24) is 29.6 Å². The fourth-order valence-electron chi connectivity index (χ4n) is 6.72. The molecule has 2 N–H and O–H groups in total. The molecule has 0 aromatic carbocycles. The van der Waals surface area contributed by atoms with Gasteiger partial charge in [-0.25, -0.2) is 9.97 Å². The van der Waals surface area contributed by atoms with Gasteiger partial charge in [0.1, 0.15) is 29.8 Å². The van der Waals surface area contributed by atoms with Gasteiger partial charge in [-0.15, -0.1) is 11.3 Å². The van der Waals surface area contributed by atoms with Crippen LogP contribution in [-0.4, -0.2) is 55.8 Å². The van der Waals surface area contributed by atoms with Crippen LogP contribution in [0.5, 0.6) is 5.88 Å². The number of nitrogen functional groups attached to an aromatic ring is 1. The van der Waals surface area contributed by atoms with Crippen LogP contribution in [0.1, 0.15) is 65.8 Å². The van der Waals surface area contributed by atoms with E-state index in [2.05, 4.69) is 28.2 Å². The van der Waals surface area contributed by atoms with Crippen molar-refractivity contribution >= 4 is 16.3 Å². The summed E-state index contributed by atoms with van der Waals surface area (Å²) in [7, 11) is 2.13. The molecule has 2 atom stereocenters. The van der Waals surface area contributed by atoms with Gasteiger partial charge >= 0.3 is 0 Å². The Balaban J connectivity index is 1.31. The molecule has 5 heterocycles. The maximum absolute atomic E-state index is 9.99. The zero-order valence-corrected chi connectivity index (χ0v) is 22.7. The summed E-state index contributed by atoms with van der Waals surface area (Å²) in [5, 5.41) is 15.3. The van der Waals surface area contributed by atoms with Crippen LogP contribution in [0.15, 0.2) is 29.3 Å². The Labute approximate surface area is 230 Å². The van der Waals surface area contributed by atoms with Crippen LogP contribution < -0.4 is 10.5 Å². The quantitative estimate of drug-likeness (QED) is 0.393. The van der Waals surface area contributed by atoms with E-state index in [9.17, 15) is 5.26 Å². The molecule has 10 nitrogen and oxygen atoms in total. The van der Waals surface area contributed by atoms with Gasteiger partial charge in [-0.05, 0) is 70.5 Å². The third-order valence-electron chi connectivity index (χ3n) is 8.63. The maximum atomic E-state index is 9.99. The fourth-order valence-corrected chi connectivity index (χ4v) is 7.88. The summed E-state index contributed by atoms with van der Waals surface area (Å²) in [6.07, 6.45) is 13.1. The lowest BCUT2D eigenvalue weighted by atomic mass is 9.62. The highest BCUT2D eigenvalue weighted by Crippen LogP contribution is 2.54. The first-order chi connectivity index (χ1) is 19.1. The van der Waals surface area contributed by atoms with Gasteiger partial charge in [0.2, 0.25) is 17.5 Å². The van der Waals surface area contributed by atoms with E-state index < -0.39 is 0 Å². The molecular formula is C28H30N8O2S. The van der Waals surface area contributed by atoms with Crippen LogP contribution in [0.4, 0.5) is 5.00 Å². The van der Waals surface area contributed by atoms with Crippen molar-refractivity contribution < 1.29 is 9.26 Å². The zero-order valence-electron chi connectivity index (χ0n) is 21.9. The topological polar surface area (TPSA) is 132 Å². The largest absolute Gasteiger partial charge is 0.476 e. The number of nitrogens with zero attached hydrogens (tertiary/aromatic N) is 7. The summed E-state index contributed by atoms with van der Waals surface area (Å²) in [5.41, 5.74) is 9.55. The van der Waals surface area contributed by atoms with Gasteiger partial charge < -0.3 is 19.9 Å². The monoisotopic (exact) mass is 542 g/mol. The molecule has 11 heteroatoms. The molecule has 1 fully saturated rings. The summed E-state index contributed by atoms with van der Waals surface area (Å²) in [6.45, 7) is 1.65. The number of aryl methyl sites for hydroxylation is 1. The average Bonchev–Trinajstić information content (AvgIpc) is 3.74. The third-order valence-corrected chi connectivity index (χ3v) is 9.71. The van der Waals surface area contributed by atoms with E-state index in [4.69, 9.17) is 25.0 Å². The molecule has 7 rings (SSSR count). The van der Waals surface area contributed by atoms with Gasteiger partial charge in [0.25, 0.3) is 0 Å². The van der Waals surface area contributed by atoms with Gasteiger partial charge in [-0.3, -0.25) is 4.57 Å². The van der Waals surface area contributed by atoms with Crippen molar-refractivity contribution in [3.05, 3.63) is 52.0 Å². The molecule has 4 aromatic rings. The Morgan fingerprint density at radius 2 is 2.13 bits per heavy atom. The standard InChI is InChI=1S/C28H30N8O2S/c1-35-11-4-5-17(35)15-37-22-13-21(36-12-10-31-16-36)32-27(33-22)24-18-6-2-8-28(25(18)34-38-24)9-3-7-20-23(28)19(14-29)26(30)39-20/h10,12-13,16-17H,2-9,11,15,30H2,1H3/t17-,28-/m0/s1. The smallest absolute Gasteiger partial charge is 0.219 e. The number of anilines is 1. The number of ether oxygens (including phenoxy) is 1. The highest BCUT2D eigenvalue weighted by Gasteiger charge is 2.48. The molecule has 1 saturated heterocycles. The second kappa shape index (κ2) is 9.47. The predicted molar refractivity (Wildman–Crippen MR) is 146 cm³/mol. The number of rotatable bonds is 5. The van der Waals surface area contributed by atoms with Crippen LogP contribution >= 0.6 is 11.3 Å². The van der Waals surface area contributed by atoms with Crippen LogP contribution in [-0.2, 0) is 18.3 Å². The molecule has 0 amide bonds. The molecular weight excluding hydrogens is 512 g/mol. The van der Waals surface area contributed by atoms with E-state index in [1.807, 2.05) is 16.8 Å². The molecule has 1 spiro atoms. The number of aromatic nitrogens is 5. The summed E-state index contributed by atoms with van der Waals surface area (Å²) in [6, 6.07) is 4.59. The summed E-state index contributed by atoms with van der Waals surface area (Å²) < 4.78 is 14.1. The second-order valence-electron chi connectivity index (χ2n) is 10.8. The number of thiophene rings is 1. The molecule has 3 aliphatic rings. The molecule has 0 bridgehead atoms. The van der Waals surface area contributed by atoms with Gasteiger partial charge in [-0.2, -0.15) is 10.2 Å². The lowest BCUT2D eigenvalue weighted by Gasteiger charge is -2.39. The first-order valence-electron chi connectivity index (χ1n) is 13.6. The number of likely N-dealkylation sites (N-methyl/N-ethyl adjacent to an activating group) is 1. The van der Waals surface area contributed by atoms with E-state index in [-0.39, 0.29) is 5.41 Å². The minimum atomic E-state index is -0.365. The van der Waals surface area contributed by atoms with E-state index in [0.717, 1.165) is 68.3 Å². The Morgan fingerprint density at radius 1 is 1.26 bits per heavy atom. The molecule has 0 radical (unpaired) electrons. The van der Waals surface area contributed by atoms with Crippen LogP contribution in [0, 0.1) is 11.3 Å². The Hall–Kier alpha value is -3.75. The number of nitriles is 1. The molecule has 39 heavy (non-hydrogen) atoms. The number of hydrogen-bond donors (Lipinski definition) is 1. The first kappa shape index (κ1) is 24.3. The normalized spacial score (nSPS) is 22.5. The van der Waals surface area contributed by atoms with Crippen LogP contribution in [0.3, 0.4) is 0 Å². The fraction of sp³-hybridized carbons (Fsp3) is 0.464. The molecule has 1 aliphatic heterocycles. The van der Waals surface area contributed by atoms with Gasteiger partial charge in [-0.1, -0.05) is 5.16 Å². The third kappa shape index (κ3) is 3.93. The van der Waals surface area contributed by atoms with Crippen LogP contribution in [0.2, 0.25) is 0 Å². The lowest BCUT2D eigenvalue weighted by molar-refractivity contribution is 0.193. The number of likely N-dealkylation sites (tertiary alicyclic amines) is 1. The molecule has 2 aliphatic carbocycles. The van der Waals surface area contributed by atoms with Crippen molar-refractivity contribution in [3.8, 4) is 29.4 Å². The summed E-state index contributed by atoms with van der Waals surface area (Å²) in [5.74, 6) is 2.17. The Morgan fingerprint density at radius 3 is 2.90 bits per heavy atom. The highest BCUT2D eigenvalue weighted by atomic mass is 32.1. The number of fused-ring (bicyclic) bond motifs is 4. The predicted octanol–water partition coefficient (Wildman–Crippen LogP) is 4.26. The van der Waals surface area contributed by atoms with E-state index >= 15 is 0 Å². The van der Waals surface area contributed by atoms with Crippen molar-refractivity contribution in [3.63, 3.8) is 0 Å². The van der Waals surface area contributed by atoms with Gasteiger partial charge in [0, 0.05) is 40.4 Å². The molecule has 0 unspecified atom stereocenters. The van der Waals surface area contributed by atoms with Crippen molar-refractivity contribution in [2.24, 2.45) is 0 Å². The first-order valence-corrected chi connectivity index (χ1v) is 14.4.